The Morgan fingerprint density at radius 2 is 0.767 bits per heavy atom. The molecule has 17 atom stereocenters. The number of ether oxygens (including phenoxy) is 6. The maximum Gasteiger partial charge on any atom is 0.220 e. The Morgan fingerprint density at radius 1 is 0.411 bits per heavy atom. The van der Waals surface area contributed by atoms with E-state index in [-0.39, 0.29) is 18.9 Å². The average Bonchev–Trinajstić information content (AvgIpc) is 0.847. The van der Waals surface area contributed by atoms with E-state index in [1.54, 1.807) is 0 Å². The van der Waals surface area contributed by atoms with Crippen molar-refractivity contribution in [2.45, 2.75) is 330 Å². The molecular weight excluding hydrogens is 1150 g/mol. The Balaban J connectivity index is 1.45. The van der Waals surface area contributed by atoms with E-state index in [1.807, 2.05) is 0 Å². The third kappa shape index (κ3) is 33.9. The molecule has 19 nitrogen and oxygen atoms in total. The molecule has 0 radical (unpaired) electrons. The van der Waals surface area contributed by atoms with Crippen molar-refractivity contribution in [1.82, 2.24) is 5.32 Å². The number of aliphatic hydroxyl groups excluding tert-OH is 11. The second-order valence-corrected chi connectivity index (χ2v) is 24.6. The first-order chi connectivity index (χ1) is 43.8. The summed E-state index contributed by atoms with van der Waals surface area (Å²) in [6.45, 7) is 1.66. The molecule has 12 N–H and O–H groups in total. The number of aliphatic hydroxyl groups is 11. The van der Waals surface area contributed by atoms with Gasteiger partial charge in [-0.05, 0) is 70.6 Å². The summed E-state index contributed by atoms with van der Waals surface area (Å²) in [5, 5.41) is 121. The van der Waals surface area contributed by atoms with Gasteiger partial charge in [-0.2, -0.15) is 0 Å². The number of unbranched alkanes of at least 4 members (excludes halogenated alkanes) is 22. The number of carbonyl (C=O) groups is 1. The molecule has 0 aromatic carbocycles. The van der Waals surface area contributed by atoms with Crippen LogP contribution in [-0.4, -0.2) is 193 Å². The molecule has 0 aliphatic carbocycles. The zero-order valence-corrected chi connectivity index (χ0v) is 54.8. The van der Waals surface area contributed by atoms with Crippen LogP contribution < -0.4 is 5.32 Å². The minimum atomic E-state index is -1.98. The molecule has 3 aliphatic heterocycles. The van der Waals surface area contributed by atoms with Crippen molar-refractivity contribution in [2.75, 3.05) is 26.4 Å². The monoisotopic (exact) mass is 1280 g/mol. The molecule has 3 heterocycles. The minimum absolute atomic E-state index is 0.221. The summed E-state index contributed by atoms with van der Waals surface area (Å²) >= 11 is 0. The van der Waals surface area contributed by atoms with Crippen molar-refractivity contribution in [1.29, 1.82) is 0 Å². The van der Waals surface area contributed by atoms with Gasteiger partial charge in [0.15, 0.2) is 18.9 Å². The fourth-order valence-electron chi connectivity index (χ4n) is 11.4. The molecule has 0 saturated carbocycles. The van der Waals surface area contributed by atoms with Crippen molar-refractivity contribution in [3.05, 3.63) is 85.1 Å². The Kier molecular flexibility index (Phi) is 47.2. The first-order valence-electron chi connectivity index (χ1n) is 34.8. The van der Waals surface area contributed by atoms with Crippen LogP contribution in [0.25, 0.3) is 0 Å². The van der Waals surface area contributed by atoms with Crippen molar-refractivity contribution >= 4 is 5.91 Å². The topological polar surface area (TPSA) is 307 Å². The van der Waals surface area contributed by atoms with Gasteiger partial charge in [0, 0.05) is 6.42 Å². The largest absolute Gasteiger partial charge is 0.394 e. The van der Waals surface area contributed by atoms with E-state index in [0.717, 1.165) is 83.5 Å². The van der Waals surface area contributed by atoms with Gasteiger partial charge < -0.3 is 89.9 Å². The van der Waals surface area contributed by atoms with Crippen LogP contribution in [0.1, 0.15) is 226 Å². The van der Waals surface area contributed by atoms with Crippen molar-refractivity contribution in [3.63, 3.8) is 0 Å². The third-order valence-electron chi connectivity index (χ3n) is 17.0. The predicted octanol–water partition coefficient (Wildman–Crippen LogP) is 9.10. The molecule has 3 rings (SSSR count). The summed E-state index contributed by atoms with van der Waals surface area (Å²) in [7, 11) is 0. The molecule has 3 aliphatic rings. The van der Waals surface area contributed by atoms with E-state index in [4.69, 9.17) is 28.4 Å². The van der Waals surface area contributed by atoms with Crippen LogP contribution >= 0.6 is 0 Å². The molecule has 1 amide bonds. The Labute approximate surface area is 540 Å². The highest BCUT2D eigenvalue weighted by molar-refractivity contribution is 5.76. The number of hydrogen-bond acceptors (Lipinski definition) is 18. The van der Waals surface area contributed by atoms with Crippen molar-refractivity contribution in [3.8, 4) is 0 Å². The van der Waals surface area contributed by atoms with Crippen LogP contribution in [0.4, 0.5) is 0 Å². The van der Waals surface area contributed by atoms with E-state index in [1.165, 1.54) is 103 Å². The maximum atomic E-state index is 13.4. The predicted molar refractivity (Wildman–Crippen MR) is 351 cm³/mol. The first-order valence-corrected chi connectivity index (χ1v) is 34.8. The maximum absolute atomic E-state index is 13.4. The summed E-state index contributed by atoms with van der Waals surface area (Å²) in [6.07, 6.45) is 39.3. The second kappa shape index (κ2) is 52.3. The summed E-state index contributed by atoms with van der Waals surface area (Å²) in [4.78, 5) is 13.4. The molecule has 90 heavy (non-hydrogen) atoms. The Hall–Kier alpha value is -3.03. The lowest BCUT2D eigenvalue weighted by molar-refractivity contribution is -0.379. The highest BCUT2D eigenvalue weighted by Crippen LogP contribution is 2.33. The quantitative estimate of drug-likeness (QED) is 0.0200. The van der Waals surface area contributed by atoms with Gasteiger partial charge in [-0.3, -0.25) is 4.79 Å². The summed E-state index contributed by atoms with van der Waals surface area (Å²) in [5.41, 5.74) is 0. The van der Waals surface area contributed by atoms with Gasteiger partial charge in [0.25, 0.3) is 0 Å². The molecule has 0 aromatic heterocycles. The summed E-state index contributed by atoms with van der Waals surface area (Å²) < 4.78 is 34.4. The highest BCUT2D eigenvalue weighted by Gasteiger charge is 2.53. The molecule has 520 valence electrons. The third-order valence-corrected chi connectivity index (χ3v) is 17.0. The van der Waals surface area contributed by atoms with E-state index in [2.05, 4.69) is 104 Å². The van der Waals surface area contributed by atoms with Crippen LogP contribution in [0.3, 0.4) is 0 Å². The summed E-state index contributed by atoms with van der Waals surface area (Å²) in [5.74, 6) is -0.276. The molecule has 0 aromatic rings. The molecule has 19 heteroatoms. The highest BCUT2D eigenvalue weighted by atomic mass is 16.8. The lowest BCUT2D eigenvalue weighted by atomic mass is 9.96. The minimum Gasteiger partial charge on any atom is -0.394 e. The van der Waals surface area contributed by atoms with Gasteiger partial charge in [-0.25, -0.2) is 0 Å². The normalized spacial score (nSPS) is 28.6. The standard InChI is InChI=1S/C71H123NO18/c1-3-5-7-9-11-13-15-17-19-21-23-25-26-27-28-29-31-33-35-37-39-41-43-45-47-49-59(77)72-54(55(76)48-46-44-42-40-38-36-34-32-30-24-22-20-18-16-14-12-10-8-6-4-2)53-85-69-65(83)62(80)67(57(51-74)87-69)90-71-66(84)63(81)68(58(52-75)88-71)89-70-64(82)61(79)60(78)56(50-73)86-70/h5,7,11,13,17,19,23,25,27-28,31,33,37,39,54-58,60-71,73-76,78-84H,3-4,6,8-10,12,14-16,18,20-22,24,26,29-30,32,34-36,38,40-53H2,1-2H3,(H,72,77)/b7-5-,13-11-,19-17-,25-23-,28-27-,33-31-,39-37-. The van der Waals surface area contributed by atoms with Crippen molar-refractivity contribution in [2.24, 2.45) is 0 Å². The molecule has 17 unspecified atom stereocenters. The molecule has 3 fully saturated rings. The fourth-order valence-corrected chi connectivity index (χ4v) is 11.4. The number of allylic oxidation sites excluding steroid dienone is 14. The Morgan fingerprint density at radius 3 is 1.19 bits per heavy atom. The molecular formula is C71H123NO18. The van der Waals surface area contributed by atoms with E-state index in [0.29, 0.717) is 19.3 Å². The number of hydrogen-bond donors (Lipinski definition) is 12. The van der Waals surface area contributed by atoms with Crippen LogP contribution in [0.5, 0.6) is 0 Å². The van der Waals surface area contributed by atoms with E-state index >= 15 is 0 Å². The second-order valence-electron chi connectivity index (χ2n) is 24.6. The summed E-state index contributed by atoms with van der Waals surface area (Å²) in [6, 6.07) is -0.912. The Bertz CT molecular complexity index is 1960. The van der Waals surface area contributed by atoms with Gasteiger partial charge >= 0.3 is 0 Å². The zero-order chi connectivity index (χ0) is 65.4. The lowest BCUT2D eigenvalue weighted by Gasteiger charge is -2.48. The molecule has 0 bridgehead atoms. The van der Waals surface area contributed by atoms with Crippen LogP contribution in [0.2, 0.25) is 0 Å². The van der Waals surface area contributed by atoms with Gasteiger partial charge in [-0.15, -0.1) is 0 Å². The van der Waals surface area contributed by atoms with Crippen LogP contribution in [0.15, 0.2) is 85.1 Å². The van der Waals surface area contributed by atoms with Crippen LogP contribution in [-0.2, 0) is 33.2 Å². The van der Waals surface area contributed by atoms with Gasteiger partial charge in [0.05, 0.1) is 38.6 Å². The molecule has 0 spiro atoms. The van der Waals surface area contributed by atoms with Crippen molar-refractivity contribution < 1.29 is 89.4 Å². The number of nitrogens with one attached hydrogen (secondary N) is 1. The van der Waals surface area contributed by atoms with E-state index in [9.17, 15) is 61.0 Å². The zero-order valence-electron chi connectivity index (χ0n) is 54.8. The average molecular weight is 1280 g/mol. The van der Waals surface area contributed by atoms with Gasteiger partial charge in [0.1, 0.15) is 73.2 Å². The SMILES string of the molecule is CC/C=C\C/C=C\C/C=C\C/C=C\C/C=C\C/C=C\C/C=C\CCCCCC(=O)NC(COC1OC(CO)C(OC2OC(CO)C(OC3OC(CO)C(O)C(O)C3O)C(O)C2O)C(O)C1O)C(O)CCCCCCCCCCCCCCCCCCCCCC. The first kappa shape index (κ1) is 81.2. The van der Waals surface area contributed by atoms with E-state index < -0.39 is 124 Å². The molecule has 3 saturated heterocycles. The fraction of sp³-hybridized carbons (Fsp3) is 0.789. The number of rotatable bonds is 52. The number of carbonyl (C=O) groups excluding carboxylic acids is 1. The van der Waals surface area contributed by atoms with Gasteiger partial charge in [0.2, 0.25) is 5.91 Å². The smallest absolute Gasteiger partial charge is 0.220 e. The lowest BCUT2D eigenvalue weighted by Crippen LogP contribution is -2.66. The van der Waals surface area contributed by atoms with Crippen LogP contribution in [0, 0.1) is 0 Å². The van der Waals surface area contributed by atoms with Gasteiger partial charge in [-0.1, -0.05) is 234 Å². The number of amides is 1.